The average Bonchev–Trinajstić information content (AvgIpc) is 2.84. The zero-order chi connectivity index (χ0) is 15.3. The first kappa shape index (κ1) is 16.5. The molecule has 0 aromatic heterocycles. The molecule has 5 heteroatoms. The van der Waals surface area contributed by atoms with Crippen molar-refractivity contribution in [1.29, 1.82) is 0 Å². The van der Waals surface area contributed by atoms with Gasteiger partial charge in [0.25, 0.3) is 0 Å². The standard InChI is InChI=1S/C16H26N2O2S/c1-3-11-17-12-14-7-9-15(10-8-14)21(19,20)18-16-6-4-5-13(16)2/h7-10,13,16-18H,3-6,11-12H2,1-2H3. The number of hydrogen-bond donors (Lipinski definition) is 2. The third kappa shape index (κ3) is 4.53. The van der Waals surface area contributed by atoms with Gasteiger partial charge in [0.15, 0.2) is 0 Å². The van der Waals surface area contributed by atoms with E-state index in [9.17, 15) is 8.42 Å². The molecule has 0 heterocycles. The lowest BCUT2D eigenvalue weighted by molar-refractivity contribution is 0.476. The summed E-state index contributed by atoms with van der Waals surface area (Å²) >= 11 is 0. The van der Waals surface area contributed by atoms with Crippen molar-refractivity contribution < 1.29 is 8.42 Å². The molecule has 2 rings (SSSR count). The highest BCUT2D eigenvalue weighted by Crippen LogP contribution is 2.26. The van der Waals surface area contributed by atoms with Gasteiger partial charge in [0, 0.05) is 12.6 Å². The summed E-state index contributed by atoms with van der Waals surface area (Å²) in [5, 5.41) is 3.31. The maximum atomic E-state index is 12.4. The summed E-state index contributed by atoms with van der Waals surface area (Å²) < 4.78 is 27.6. The maximum absolute atomic E-state index is 12.4. The monoisotopic (exact) mass is 310 g/mol. The lowest BCUT2D eigenvalue weighted by atomic mass is 10.1. The topological polar surface area (TPSA) is 58.2 Å². The Bertz CT molecular complexity index is 540. The van der Waals surface area contributed by atoms with Crippen molar-refractivity contribution in [2.75, 3.05) is 6.54 Å². The van der Waals surface area contributed by atoms with Gasteiger partial charge in [0.2, 0.25) is 10.0 Å². The van der Waals surface area contributed by atoms with Crippen LogP contribution < -0.4 is 10.0 Å². The second-order valence-electron chi connectivity index (χ2n) is 5.96. The van der Waals surface area contributed by atoms with Crippen LogP contribution >= 0.6 is 0 Å². The van der Waals surface area contributed by atoms with E-state index < -0.39 is 10.0 Å². The van der Waals surface area contributed by atoms with Crippen molar-refractivity contribution in [1.82, 2.24) is 10.0 Å². The van der Waals surface area contributed by atoms with Gasteiger partial charge in [-0.15, -0.1) is 0 Å². The van der Waals surface area contributed by atoms with E-state index in [1.807, 2.05) is 12.1 Å². The molecule has 1 aliphatic carbocycles. The van der Waals surface area contributed by atoms with Gasteiger partial charge in [-0.3, -0.25) is 0 Å². The number of nitrogens with one attached hydrogen (secondary N) is 2. The fourth-order valence-corrected chi connectivity index (χ4v) is 4.16. The van der Waals surface area contributed by atoms with Crippen LogP contribution in [0.1, 0.15) is 45.1 Å². The molecule has 0 amide bonds. The maximum Gasteiger partial charge on any atom is 0.240 e. The van der Waals surface area contributed by atoms with Crippen LogP contribution in [0.2, 0.25) is 0 Å². The first-order valence-electron chi connectivity index (χ1n) is 7.85. The van der Waals surface area contributed by atoms with Gasteiger partial charge in [-0.2, -0.15) is 0 Å². The molecule has 1 aliphatic rings. The van der Waals surface area contributed by atoms with Gasteiger partial charge in [-0.05, 0) is 49.4 Å². The number of rotatable bonds is 7. The summed E-state index contributed by atoms with van der Waals surface area (Å²) in [4.78, 5) is 0.362. The summed E-state index contributed by atoms with van der Waals surface area (Å²) in [7, 11) is -3.39. The SMILES string of the molecule is CCCNCc1ccc(S(=O)(=O)NC2CCCC2C)cc1. The van der Waals surface area contributed by atoms with Gasteiger partial charge < -0.3 is 5.32 Å². The molecule has 4 nitrogen and oxygen atoms in total. The predicted molar refractivity (Wildman–Crippen MR) is 85.6 cm³/mol. The van der Waals surface area contributed by atoms with Crippen LogP contribution in [0.15, 0.2) is 29.2 Å². The molecule has 118 valence electrons. The van der Waals surface area contributed by atoms with E-state index in [4.69, 9.17) is 0 Å². The van der Waals surface area contributed by atoms with Crippen LogP contribution in [0.4, 0.5) is 0 Å². The molecule has 1 aromatic carbocycles. The van der Waals surface area contributed by atoms with E-state index in [0.717, 1.165) is 44.3 Å². The zero-order valence-corrected chi connectivity index (χ0v) is 13.7. The first-order valence-corrected chi connectivity index (χ1v) is 9.33. The zero-order valence-electron chi connectivity index (χ0n) is 12.9. The summed E-state index contributed by atoms with van der Waals surface area (Å²) in [6.07, 6.45) is 4.25. The molecule has 2 N–H and O–H groups in total. The van der Waals surface area contributed by atoms with E-state index in [1.165, 1.54) is 0 Å². The van der Waals surface area contributed by atoms with Gasteiger partial charge >= 0.3 is 0 Å². The average molecular weight is 310 g/mol. The smallest absolute Gasteiger partial charge is 0.240 e. The lowest BCUT2D eigenvalue weighted by Gasteiger charge is -2.17. The molecule has 0 aliphatic heterocycles. The van der Waals surface area contributed by atoms with Crippen molar-refractivity contribution in [2.45, 2.75) is 57.0 Å². The second-order valence-corrected chi connectivity index (χ2v) is 7.67. The minimum atomic E-state index is -3.39. The van der Waals surface area contributed by atoms with Crippen molar-refractivity contribution in [3.05, 3.63) is 29.8 Å². The van der Waals surface area contributed by atoms with Gasteiger partial charge in [-0.25, -0.2) is 13.1 Å². The molecule has 0 bridgehead atoms. The van der Waals surface area contributed by atoms with Crippen molar-refractivity contribution in [3.63, 3.8) is 0 Å². The van der Waals surface area contributed by atoms with Crippen LogP contribution in [0.25, 0.3) is 0 Å². The van der Waals surface area contributed by atoms with E-state index >= 15 is 0 Å². The normalized spacial score (nSPS) is 22.6. The predicted octanol–water partition coefficient (Wildman–Crippen LogP) is 2.65. The number of benzene rings is 1. The highest BCUT2D eigenvalue weighted by atomic mass is 32.2. The third-order valence-electron chi connectivity index (χ3n) is 4.16. The molecule has 0 saturated heterocycles. The first-order chi connectivity index (χ1) is 10.0. The highest BCUT2D eigenvalue weighted by molar-refractivity contribution is 7.89. The second kappa shape index (κ2) is 7.38. The van der Waals surface area contributed by atoms with Gasteiger partial charge in [-0.1, -0.05) is 32.4 Å². The fraction of sp³-hybridized carbons (Fsp3) is 0.625. The van der Waals surface area contributed by atoms with Crippen molar-refractivity contribution in [3.8, 4) is 0 Å². The third-order valence-corrected chi connectivity index (χ3v) is 5.66. The van der Waals surface area contributed by atoms with Crippen LogP contribution in [0.5, 0.6) is 0 Å². The highest BCUT2D eigenvalue weighted by Gasteiger charge is 2.28. The molecule has 1 saturated carbocycles. The minimum Gasteiger partial charge on any atom is -0.313 e. The summed E-state index contributed by atoms with van der Waals surface area (Å²) in [5.41, 5.74) is 1.11. The summed E-state index contributed by atoms with van der Waals surface area (Å²) in [6.45, 7) is 5.99. The molecule has 2 atom stereocenters. The van der Waals surface area contributed by atoms with Crippen LogP contribution in [-0.4, -0.2) is 21.0 Å². The van der Waals surface area contributed by atoms with Gasteiger partial charge in [0.05, 0.1) is 4.90 Å². The summed E-state index contributed by atoms with van der Waals surface area (Å²) in [6, 6.07) is 7.25. The largest absolute Gasteiger partial charge is 0.313 e. The number of sulfonamides is 1. The van der Waals surface area contributed by atoms with Crippen LogP contribution in [-0.2, 0) is 16.6 Å². The quantitative estimate of drug-likeness (QED) is 0.761. The van der Waals surface area contributed by atoms with Crippen molar-refractivity contribution in [2.24, 2.45) is 5.92 Å². The molecule has 21 heavy (non-hydrogen) atoms. The molecule has 1 aromatic rings. The van der Waals surface area contributed by atoms with E-state index in [-0.39, 0.29) is 6.04 Å². The Morgan fingerprint density at radius 3 is 2.48 bits per heavy atom. The Morgan fingerprint density at radius 2 is 1.90 bits per heavy atom. The van der Waals surface area contributed by atoms with Crippen LogP contribution in [0.3, 0.4) is 0 Å². The summed E-state index contributed by atoms with van der Waals surface area (Å²) in [5.74, 6) is 0.428. The fourth-order valence-electron chi connectivity index (χ4n) is 2.78. The number of hydrogen-bond acceptors (Lipinski definition) is 3. The molecular formula is C16H26N2O2S. The molecule has 1 fully saturated rings. The van der Waals surface area contributed by atoms with E-state index in [0.29, 0.717) is 10.8 Å². The minimum absolute atomic E-state index is 0.0842. The Labute approximate surface area is 128 Å². The molecular weight excluding hydrogens is 284 g/mol. The van der Waals surface area contributed by atoms with E-state index in [1.54, 1.807) is 12.1 Å². The molecule has 0 radical (unpaired) electrons. The van der Waals surface area contributed by atoms with E-state index in [2.05, 4.69) is 23.9 Å². The Kier molecular flexibility index (Phi) is 5.79. The lowest BCUT2D eigenvalue weighted by Crippen LogP contribution is -2.36. The molecule has 0 spiro atoms. The van der Waals surface area contributed by atoms with Gasteiger partial charge in [0.1, 0.15) is 0 Å². The Balaban J connectivity index is 1.99. The Morgan fingerprint density at radius 1 is 1.19 bits per heavy atom. The Hall–Kier alpha value is -0.910. The molecule has 2 unspecified atom stereocenters. The van der Waals surface area contributed by atoms with Crippen molar-refractivity contribution >= 4 is 10.0 Å². The van der Waals surface area contributed by atoms with Crippen LogP contribution in [0, 0.1) is 5.92 Å².